The van der Waals surface area contributed by atoms with E-state index in [4.69, 9.17) is 17.2 Å². The lowest BCUT2D eigenvalue weighted by Gasteiger charge is -2.35. The van der Waals surface area contributed by atoms with Crippen LogP contribution >= 0.6 is 0 Å². The molecule has 1 aromatic carbocycles. The maximum atomic E-state index is 12.0. The minimum Gasteiger partial charge on any atom is -0.370 e. The van der Waals surface area contributed by atoms with Gasteiger partial charge in [-0.1, -0.05) is 0 Å². The lowest BCUT2D eigenvalue weighted by Crippen LogP contribution is -2.39. The predicted octanol–water partition coefficient (Wildman–Crippen LogP) is 0.132. The molecule has 0 saturated heterocycles. The Hall–Kier alpha value is -2.57. The molecule has 6 N–H and O–H groups in total. The van der Waals surface area contributed by atoms with E-state index in [0.717, 1.165) is 48.3 Å². The number of carbonyl (C=O) groups excluding carboxylic acids is 1. The van der Waals surface area contributed by atoms with Gasteiger partial charge < -0.3 is 22.1 Å². The maximum absolute atomic E-state index is 12.0. The van der Waals surface area contributed by atoms with E-state index in [1.54, 1.807) is 0 Å². The van der Waals surface area contributed by atoms with E-state index in [1.807, 2.05) is 17.0 Å². The Morgan fingerprint density at radius 3 is 2.52 bits per heavy atom. The third-order valence-corrected chi connectivity index (χ3v) is 3.75. The van der Waals surface area contributed by atoms with Gasteiger partial charge in [0.15, 0.2) is 5.96 Å². The van der Waals surface area contributed by atoms with Crippen molar-refractivity contribution >= 4 is 29.2 Å². The number of nitrogens with zero attached hydrogens (tertiary/aromatic N) is 3. The molecule has 3 rings (SSSR count). The summed E-state index contributed by atoms with van der Waals surface area (Å²) in [6.45, 7) is 0.803. The first-order valence-corrected chi connectivity index (χ1v) is 6.94. The summed E-state index contributed by atoms with van der Waals surface area (Å²) in [6, 6.07) is 3.91. The van der Waals surface area contributed by atoms with E-state index < -0.39 is 0 Å². The molecule has 1 amide bonds. The largest absolute Gasteiger partial charge is 0.370 e. The molecule has 110 valence electrons. The normalized spacial score (nSPS) is 17.4. The molecule has 2 aliphatic rings. The van der Waals surface area contributed by atoms with E-state index in [0.29, 0.717) is 6.42 Å². The van der Waals surface area contributed by atoms with Crippen LogP contribution in [0.4, 0.5) is 11.4 Å². The zero-order chi connectivity index (χ0) is 15.0. The number of amides is 1. The van der Waals surface area contributed by atoms with Crippen molar-refractivity contribution in [2.24, 2.45) is 27.2 Å². The average Bonchev–Trinajstić information content (AvgIpc) is 2.41. The SMILES string of the molecule is NC(N)=NC(N)=Nc1cc2c3c(c1)CCC(=O)N3CCC2. The van der Waals surface area contributed by atoms with Crippen LogP contribution in [0.15, 0.2) is 22.1 Å². The van der Waals surface area contributed by atoms with Crippen molar-refractivity contribution in [3.05, 3.63) is 23.3 Å². The van der Waals surface area contributed by atoms with Crippen LogP contribution in [-0.4, -0.2) is 24.4 Å². The van der Waals surface area contributed by atoms with Crippen molar-refractivity contribution in [3.63, 3.8) is 0 Å². The van der Waals surface area contributed by atoms with Crippen LogP contribution in [0.3, 0.4) is 0 Å². The first-order chi connectivity index (χ1) is 10.0. The van der Waals surface area contributed by atoms with Gasteiger partial charge in [-0.2, -0.15) is 4.99 Å². The van der Waals surface area contributed by atoms with Crippen LogP contribution in [-0.2, 0) is 17.6 Å². The number of hydrogen-bond acceptors (Lipinski definition) is 2. The fourth-order valence-electron chi connectivity index (χ4n) is 2.99. The molecule has 0 unspecified atom stereocenters. The summed E-state index contributed by atoms with van der Waals surface area (Å²) in [5.74, 6) is 0.119. The van der Waals surface area contributed by atoms with E-state index in [2.05, 4.69) is 9.98 Å². The highest BCUT2D eigenvalue weighted by molar-refractivity contribution is 5.98. The lowest BCUT2D eigenvalue weighted by molar-refractivity contribution is -0.119. The summed E-state index contributed by atoms with van der Waals surface area (Å²) in [7, 11) is 0. The highest BCUT2D eigenvalue weighted by Crippen LogP contribution is 2.38. The van der Waals surface area contributed by atoms with Crippen LogP contribution in [0.2, 0.25) is 0 Å². The van der Waals surface area contributed by atoms with Gasteiger partial charge in [-0.05, 0) is 42.5 Å². The number of nitrogens with two attached hydrogens (primary N) is 3. The summed E-state index contributed by atoms with van der Waals surface area (Å²) in [4.78, 5) is 21.8. The predicted molar refractivity (Wildman–Crippen MR) is 82.5 cm³/mol. The number of aliphatic imine (C=N–C) groups is 2. The zero-order valence-corrected chi connectivity index (χ0v) is 11.7. The van der Waals surface area contributed by atoms with Crippen LogP contribution in [0.25, 0.3) is 0 Å². The van der Waals surface area contributed by atoms with E-state index in [1.165, 1.54) is 0 Å². The van der Waals surface area contributed by atoms with E-state index in [9.17, 15) is 4.79 Å². The summed E-state index contributed by atoms with van der Waals surface area (Å²) in [6.07, 6.45) is 3.19. The van der Waals surface area contributed by atoms with Crippen molar-refractivity contribution < 1.29 is 4.79 Å². The van der Waals surface area contributed by atoms with Crippen LogP contribution in [0.1, 0.15) is 24.0 Å². The first kappa shape index (κ1) is 13.4. The number of benzene rings is 1. The van der Waals surface area contributed by atoms with Gasteiger partial charge in [0.2, 0.25) is 11.9 Å². The molecule has 0 bridgehead atoms. The monoisotopic (exact) mass is 286 g/mol. The summed E-state index contributed by atoms with van der Waals surface area (Å²) in [5, 5.41) is 0. The molecular formula is C14H18N6O. The minimum atomic E-state index is -0.118. The molecule has 0 saturated carbocycles. The van der Waals surface area contributed by atoms with Gasteiger partial charge in [0.1, 0.15) is 0 Å². The number of hydrogen-bond donors (Lipinski definition) is 3. The third kappa shape index (κ3) is 2.54. The number of anilines is 1. The molecule has 2 heterocycles. The molecule has 7 heteroatoms. The second-order valence-electron chi connectivity index (χ2n) is 5.27. The molecular weight excluding hydrogens is 268 g/mol. The molecule has 0 aliphatic carbocycles. The van der Waals surface area contributed by atoms with Crippen molar-refractivity contribution in [2.75, 3.05) is 11.4 Å². The van der Waals surface area contributed by atoms with Gasteiger partial charge in [0.25, 0.3) is 0 Å². The zero-order valence-electron chi connectivity index (χ0n) is 11.7. The van der Waals surface area contributed by atoms with Crippen LogP contribution in [0.5, 0.6) is 0 Å². The lowest BCUT2D eigenvalue weighted by atomic mass is 9.91. The average molecular weight is 286 g/mol. The van der Waals surface area contributed by atoms with Gasteiger partial charge >= 0.3 is 0 Å². The van der Waals surface area contributed by atoms with Gasteiger partial charge in [0.05, 0.1) is 11.4 Å². The number of guanidine groups is 2. The third-order valence-electron chi connectivity index (χ3n) is 3.75. The second-order valence-corrected chi connectivity index (χ2v) is 5.27. The Bertz CT molecular complexity index is 642. The summed E-state index contributed by atoms with van der Waals surface area (Å²) < 4.78 is 0. The molecule has 21 heavy (non-hydrogen) atoms. The Morgan fingerprint density at radius 2 is 1.81 bits per heavy atom. The maximum Gasteiger partial charge on any atom is 0.227 e. The van der Waals surface area contributed by atoms with Crippen molar-refractivity contribution in [2.45, 2.75) is 25.7 Å². The Labute approximate surface area is 122 Å². The number of aryl methyl sites for hydroxylation is 2. The van der Waals surface area contributed by atoms with Crippen LogP contribution in [0, 0.1) is 0 Å². The number of rotatable bonds is 1. The molecule has 1 aromatic rings. The van der Waals surface area contributed by atoms with Gasteiger partial charge in [-0.25, -0.2) is 4.99 Å². The minimum absolute atomic E-state index is 0.0294. The molecule has 0 atom stereocenters. The Morgan fingerprint density at radius 1 is 1.10 bits per heavy atom. The van der Waals surface area contributed by atoms with Gasteiger partial charge in [-0.3, -0.25) is 4.79 Å². The second kappa shape index (κ2) is 5.08. The molecule has 2 aliphatic heterocycles. The molecule has 0 aromatic heterocycles. The molecule has 0 fully saturated rings. The van der Waals surface area contributed by atoms with Crippen molar-refractivity contribution in [1.29, 1.82) is 0 Å². The number of carbonyl (C=O) groups is 1. The highest BCUT2D eigenvalue weighted by atomic mass is 16.2. The fraction of sp³-hybridized carbons (Fsp3) is 0.357. The molecule has 0 radical (unpaired) electrons. The van der Waals surface area contributed by atoms with E-state index in [-0.39, 0.29) is 17.8 Å². The van der Waals surface area contributed by atoms with Crippen molar-refractivity contribution in [3.8, 4) is 0 Å². The topological polar surface area (TPSA) is 123 Å². The molecule has 7 nitrogen and oxygen atoms in total. The summed E-state index contributed by atoms with van der Waals surface area (Å²) >= 11 is 0. The Balaban J connectivity index is 2.04. The first-order valence-electron chi connectivity index (χ1n) is 6.94. The van der Waals surface area contributed by atoms with Gasteiger partial charge in [0, 0.05) is 13.0 Å². The summed E-state index contributed by atoms with van der Waals surface area (Å²) in [5.41, 5.74) is 20.3. The van der Waals surface area contributed by atoms with Gasteiger partial charge in [-0.15, -0.1) is 0 Å². The highest BCUT2D eigenvalue weighted by Gasteiger charge is 2.29. The Kier molecular flexibility index (Phi) is 3.25. The standard InChI is InChI=1S/C14H18N6O/c15-13(16)19-14(17)18-10-6-8-2-1-5-20-11(21)4-3-9(7-10)12(8)20/h6-7H,1-5H2,(H6,15,16,17,18,19). The van der Waals surface area contributed by atoms with E-state index >= 15 is 0 Å². The van der Waals surface area contributed by atoms with Crippen molar-refractivity contribution in [1.82, 2.24) is 0 Å². The molecule has 0 spiro atoms. The smallest absolute Gasteiger partial charge is 0.227 e. The quantitative estimate of drug-likeness (QED) is 0.501. The fourth-order valence-corrected chi connectivity index (χ4v) is 2.99. The van der Waals surface area contributed by atoms with Crippen LogP contribution < -0.4 is 22.1 Å².